The Morgan fingerprint density at radius 3 is 2.17 bits per heavy atom. The molecule has 0 saturated carbocycles. The first kappa shape index (κ1) is 18.9. The van der Waals surface area contributed by atoms with Crippen molar-refractivity contribution in [3.8, 4) is 5.75 Å². The number of aliphatic hydroxyl groups excluding tert-OH is 1. The summed E-state index contributed by atoms with van der Waals surface area (Å²) in [6.45, 7) is 0.557. The standard InChI is InChI=1S/C24H21NO4/c26-22(13-14-25-23(27)20-11-4-5-12-21(20)24(25)28)18-8-6-7-17(15-18)16-29-19-9-2-1-3-10-19/h1-12,15,22,26H,13-14,16H2/t22-/m1/s1. The monoisotopic (exact) mass is 387 g/mol. The summed E-state index contributed by atoms with van der Waals surface area (Å²) in [6.07, 6.45) is -0.509. The fraction of sp³-hybridized carbons (Fsp3) is 0.167. The molecule has 3 aromatic rings. The molecule has 1 atom stereocenters. The molecule has 0 aromatic heterocycles. The SMILES string of the molecule is O=C1c2ccccc2C(=O)N1CC[C@@H](O)c1cccc(COc2ccccc2)c1. The van der Waals surface area contributed by atoms with Crippen LogP contribution >= 0.6 is 0 Å². The molecule has 5 nitrogen and oxygen atoms in total. The van der Waals surface area contributed by atoms with Crippen molar-refractivity contribution in [1.29, 1.82) is 0 Å². The van der Waals surface area contributed by atoms with Gasteiger partial charge in [0.15, 0.2) is 0 Å². The van der Waals surface area contributed by atoms with Crippen LogP contribution in [0.5, 0.6) is 5.75 Å². The average molecular weight is 387 g/mol. The highest BCUT2D eigenvalue weighted by Crippen LogP contribution is 2.25. The fourth-order valence-electron chi connectivity index (χ4n) is 3.43. The van der Waals surface area contributed by atoms with E-state index in [2.05, 4.69) is 0 Å². The first-order valence-electron chi connectivity index (χ1n) is 9.53. The molecule has 1 aliphatic rings. The van der Waals surface area contributed by atoms with Crippen molar-refractivity contribution in [3.63, 3.8) is 0 Å². The van der Waals surface area contributed by atoms with E-state index in [-0.39, 0.29) is 24.8 Å². The average Bonchev–Trinajstić information content (AvgIpc) is 3.01. The summed E-state index contributed by atoms with van der Waals surface area (Å²) in [6, 6.07) is 23.8. The summed E-state index contributed by atoms with van der Waals surface area (Å²) in [5, 5.41) is 10.6. The molecule has 29 heavy (non-hydrogen) atoms. The lowest BCUT2D eigenvalue weighted by molar-refractivity contribution is 0.0622. The van der Waals surface area contributed by atoms with Gasteiger partial charge in [-0.15, -0.1) is 0 Å². The number of carbonyl (C=O) groups is 2. The van der Waals surface area contributed by atoms with E-state index in [1.165, 1.54) is 4.90 Å². The van der Waals surface area contributed by atoms with Crippen LogP contribution in [0.15, 0.2) is 78.9 Å². The Hall–Kier alpha value is -3.44. The lowest BCUT2D eigenvalue weighted by atomic mass is 10.0. The lowest BCUT2D eigenvalue weighted by Gasteiger charge is -2.17. The van der Waals surface area contributed by atoms with E-state index in [0.29, 0.717) is 17.7 Å². The molecule has 3 aromatic carbocycles. The molecule has 0 saturated heterocycles. The van der Waals surface area contributed by atoms with E-state index in [1.54, 1.807) is 24.3 Å². The number of benzene rings is 3. The van der Waals surface area contributed by atoms with E-state index >= 15 is 0 Å². The number of fused-ring (bicyclic) bond motifs is 1. The Bertz CT molecular complexity index is 997. The second kappa shape index (κ2) is 8.29. The maximum atomic E-state index is 12.4. The molecular formula is C24H21NO4. The zero-order valence-corrected chi connectivity index (χ0v) is 15.8. The van der Waals surface area contributed by atoms with E-state index in [0.717, 1.165) is 16.9 Å². The molecule has 0 bridgehead atoms. The quantitative estimate of drug-likeness (QED) is 0.623. The third-order valence-corrected chi connectivity index (χ3v) is 4.99. The molecule has 4 rings (SSSR count). The van der Waals surface area contributed by atoms with Gasteiger partial charge in [-0.2, -0.15) is 0 Å². The Morgan fingerprint density at radius 1 is 0.828 bits per heavy atom. The van der Waals surface area contributed by atoms with Gasteiger partial charge in [0.05, 0.1) is 17.2 Å². The third kappa shape index (κ3) is 4.05. The summed E-state index contributed by atoms with van der Waals surface area (Å²) in [5.74, 6) is 0.176. The molecule has 0 aliphatic carbocycles. The zero-order chi connectivity index (χ0) is 20.2. The molecule has 5 heteroatoms. The predicted molar refractivity (Wildman–Crippen MR) is 109 cm³/mol. The van der Waals surface area contributed by atoms with Gasteiger partial charge in [0, 0.05) is 6.54 Å². The summed E-state index contributed by atoms with van der Waals surface area (Å²) < 4.78 is 5.75. The summed E-state index contributed by atoms with van der Waals surface area (Å²) in [5.41, 5.74) is 2.51. The Kier molecular flexibility index (Phi) is 5.40. The number of aliphatic hydroxyl groups is 1. The van der Waals surface area contributed by atoms with Gasteiger partial charge in [-0.05, 0) is 47.9 Å². The molecule has 0 fully saturated rings. The summed E-state index contributed by atoms with van der Waals surface area (Å²) in [7, 11) is 0. The fourth-order valence-corrected chi connectivity index (χ4v) is 3.43. The van der Waals surface area contributed by atoms with Crippen molar-refractivity contribution >= 4 is 11.8 Å². The Morgan fingerprint density at radius 2 is 1.48 bits per heavy atom. The van der Waals surface area contributed by atoms with Crippen molar-refractivity contribution in [3.05, 3.63) is 101 Å². The third-order valence-electron chi connectivity index (χ3n) is 4.99. The van der Waals surface area contributed by atoms with E-state index in [1.807, 2.05) is 54.6 Å². The molecule has 1 heterocycles. The van der Waals surface area contributed by atoms with Gasteiger partial charge >= 0.3 is 0 Å². The Balaban J connectivity index is 1.37. The van der Waals surface area contributed by atoms with Crippen LogP contribution in [0, 0.1) is 0 Å². The van der Waals surface area contributed by atoms with E-state index in [9.17, 15) is 14.7 Å². The van der Waals surface area contributed by atoms with Crippen LogP contribution in [0.4, 0.5) is 0 Å². The van der Waals surface area contributed by atoms with Crippen LogP contribution < -0.4 is 4.74 Å². The smallest absolute Gasteiger partial charge is 0.261 e. The normalized spacial score (nSPS) is 14.0. The van der Waals surface area contributed by atoms with Crippen LogP contribution in [0.25, 0.3) is 0 Å². The van der Waals surface area contributed by atoms with Gasteiger partial charge in [-0.3, -0.25) is 14.5 Å². The minimum absolute atomic E-state index is 0.165. The van der Waals surface area contributed by atoms with Crippen molar-refractivity contribution in [2.75, 3.05) is 6.54 Å². The van der Waals surface area contributed by atoms with Crippen molar-refractivity contribution in [2.24, 2.45) is 0 Å². The molecular weight excluding hydrogens is 366 g/mol. The maximum Gasteiger partial charge on any atom is 0.261 e. The van der Waals surface area contributed by atoms with E-state index < -0.39 is 6.10 Å². The lowest BCUT2D eigenvalue weighted by Crippen LogP contribution is -2.31. The number of carbonyl (C=O) groups excluding carboxylic acids is 2. The molecule has 0 radical (unpaired) electrons. The molecule has 1 aliphatic heterocycles. The number of nitrogens with zero attached hydrogens (tertiary/aromatic N) is 1. The molecule has 2 amide bonds. The van der Waals surface area contributed by atoms with Crippen LogP contribution in [-0.4, -0.2) is 28.4 Å². The number of hydrogen-bond donors (Lipinski definition) is 1. The summed E-state index contributed by atoms with van der Waals surface area (Å²) >= 11 is 0. The number of imide groups is 1. The van der Waals surface area contributed by atoms with E-state index in [4.69, 9.17) is 4.74 Å². The maximum absolute atomic E-state index is 12.4. The molecule has 1 N–H and O–H groups in total. The van der Waals surface area contributed by atoms with Gasteiger partial charge in [-0.1, -0.05) is 48.5 Å². The first-order valence-corrected chi connectivity index (χ1v) is 9.53. The molecule has 0 spiro atoms. The van der Waals surface area contributed by atoms with Crippen molar-refractivity contribution in [1.82, 2.24) is 4.90 Å². The highest BCUT2D eigenvalue weighted by atomic mass is 16.5. The van der Waals surface area contributed by atoms with Gasteiger partial charge in [0.2, 0.25) is 0 Å². The number of para-hydroxylation sites is 1. The van der Waals surface area contributed by atoms with Crippen LogP contribution in [0.2, 0.25) is 0 Å². The topological polar surface area (TPSA) is 66.8 Å². The predicted octanol–water partition coefficient (Wildman–Crippen LogP) is 3.99. The highest BCUT2D eigenvalue weighted by Gasteiger charge is 2.34. The molecule has 146 valence electrons. The second-order valence-corrected chi connectivity index (χ2v) is 6.96. The van der Waals surface area contributed by atoms with Crippen molar-refractivity contribution < 1.29 is 19.4 Å². The molecule has 0 unspecified atom stereocenters. The van der Waals surface area contributed by atoms with Crippen LogP contribution in [0.1, 0.15) is 44.4 Å². The number of rotatable bonds is 7. The van der Waals surface area contributed by atoms with Crippen LogP contribution in [0.3, 0.4) is 0 Å². The van der Waals surface area contributed by atoms with Gasteiger partial charge in [0.25, 0.3) is 11.8 Å². The van der Waals surface area contributed by atoms with Gasteiger partial charge in [-0.25, -0.2) is 0 Å². The second-order valence-electron chi connectivity index (χ2n) is 6.96. The largest absolute Gasteiger partial charge is 0.489 e. The number of hydrogen-bond acceptors (Lipinski definition) is 4. The number of ether oxygens (including phenoxy) is 1. The number of amides is 2. The summed E-state index contributed by atoms with van der Waals surface area (Å²) in [4.78, 5) is 26.1. The zero-order valence-electron chi connectivity index (χ0n) is 15.8. The highest BCUT2D eigenvalue weighted by molar-refractivity contribution is 6.21. The Labute approximate surface area is 169 Å². The minimum atomic E-state index is -0.781. The van der Waals surface area contributed by atoms with Gasteiger partial charge in [0.1, 0.15) is 12.4 Å². The van der Waals surface area contributed by atoms with Gasteiger partial charge < -0.3 is 9.84 Å². The van der Waals surface area contributed by atoms with Crippen LogP contribution in [-0.2, 0) is 6.61 Å². The first-order chi connectivity index (χ1) is 14.1. The van der Waals surface area contributed by atoms with Crippen molar-refractivity contribution in [2.45, 2.75) is 19.1 Å². The minimum Gasteiger partial charge on any atom is -0.489 e.